The molecular formula is C14H19BrN2O2. The van der Waals surface area contributed by atoms with Crippen molar-refractivity contribution < 1.29 is 9.90 Å². The van der Waals surface area contributed by atoms with Gasteiger partial charge in [0.2, 0.25) is 5.91 Å². The Kier molecular flexibility index (Phi) is 4.47. The Balaban J connectivity index is 2.07. The molecular weight excluding hydrogens is 308 g/mol. The summed E-state index contributed by atoms with van der Waals surface area (Å²) in [6.45, 7) is 6.90. The second kappa shape index (κ2) is 5.92. The lowest BCUT2D eigenvalue weighted by Gasteiger charge is -2.38. The summed E-state index contributed by atoms with van der Waals surface area (Å²) in [5, 5.41) is 9.96. The number of phenols is 1. The second-order valence-electron chi connectivity index (χ2n) is 4.92. The van der Waals surface area contributed by atoms with Crippen LogP contribution in [0, 0.1) is 0 Å². The van der Waals surface area contributed by atoms with Crippen LogP contribution in [0.3, 0.4) is 0 Å². The smallest absolute Gasteiger partial charge is 0.219 e. The number of halogens is 1. The molecule has 1 unspecified atom stereocenters. The van der Waals surface area contributed by atoms with E-state index in [-0.39, 0.29) is 11.9 Å². The maximum atomic E-state index is 11.3. The lowest BCUT2D eigenvalue weighted by atomic mass is 10.0. The lowest BCUT2D eigenvalue weighted by molar-refractivity contribution is -0.130. The SMILES string of the molecule is CC(=O)N1CCN(C(C)c2cc(Br)ccc2O)CC1. The van der Waals surface area contributed by atoms with Gasteiger partial charge in [-0.15, -0.1) is 0 Å². The highest BCUT2D eigenvalue weighted by atomic mass is 79.9. The topological polar surface area (TPSA) is 43.8 Å². The average molecular weight is 327 g/mol. The molecule has 1 saturated heterocycles. The summed E-state index contributed by atoms with van der Waals surface area (Å²) >= 11 is 3.43. The summed E-state index contributed by atoms with van der Waals surface area (Å²) < 4.78 is 0.967. The monoisotopic (exact) mass is 326 g/mol. The van der Waals surface area contributed by atoms with Crippen molar-refractivity contribution in [2.24, 2.45) is 0 Å². The molecule has 1 aliphatic heterocycles. The predicted octanol–water partition coefficient (Wildman–Crippen LogP) is 2.38. The molecule has 1 heterocycles. The van der Waals surface area contributed by atoms with Gasteiger partial charge in [-0.3, -0.25) is 9.69 Å². The van der Waals surface area contributed by atoms with E-state index < -0.39 is 0 Å². The Bertz CT molecular complexity index is 471. The number of carbonyl (C=O) groups excluding carboxylic acids is 1. The highest BCUT2D eigenvalue weighted by Gasteiger charge is 2.24. The van der Waals surface area contributed by atoms with Gasteiger partial charge in [-0.2, -0.15) is 0 Å². The van der Waals surface area contributed by atoms with Crippen LogP contribution in [0.4, 0.5) is 0 Å². The molecule has 19 heavy (non-hydrogen) atoms. The molecule has 4 nitrogen and oxygen atoms in total. The van der Waals surface area contributed by atoms with Crippen molar-refractivity contribution in [3.8, 4) is 5.75 Å². The number of nitrogens with zero attached hydrogens (tertiary/aromatic N) is 2. The molecule has 1 fully saturated rings. The first-order valence-corrected chi connectivity index (χ1v) is 7.26. The molecule has 1 atom stereocenters. The van der Waals surface area contributed by atoms with Crippen LogP contribution >= 0.6 is 15.9 Å². The number of phenolic OH excluding ortho intramolecular Hbond substituents is 1. The standard InChI is InChI=1S/C14H19BrN2O2/c1-10(13-9-12(15)3-4-14(13)19)16-5-7-17(8-6-16)11(2)18/h3-4,9-10,19H,5-8H2,1-2H3. The number of amides is 1. The molecule has 0 radical (unpaired) electrons. The third-order valence-corrected chi connectivity index (χ3v) is 4.24. The van der Waals surface area contributed by atoms with Crippen LogP contribution in [0.15, 0.2) is 22.7 Å². The van der Waals surface area contributed by atoms with Gasteiger partial charge in [0.1, 0.15) is 5.75 Å². The molecule has 2 rings (SSSR count). The summed E-state index contributed by atoms with van der Waals surface area (Å²) in [6.07, 6.45) is 0. The van der Waals surface area contributed by atoms with Crippen LogP contribution in [0.2, 0.25) is 0 Å². The molecule has 1 aromatic rings. The Morgan fingerprint density at radius 2 is 1.95 bits per heavy atom. The summed E-state index contributed by atoms with van der Waals surface area (Å²) in [6, 6.07) is 5.64. The largest absolute Gasteiger partial charge is 0.508 e. The minimum atomic E-state index is 0.137. The molecule has 0 aliphatic carbocycles. The van der Waals surface area contributed by atoms with Crippen LogP contribution in [0.25, 0.3) is 0 Å². The average Bonchev–Trinajstić information content (AvgIpc) is 2.41. The highest BCUT2D eigenvalue weighted by Crippen LogP contribution is 2.31. The second-order valence-corrected chi connectivity index (χ2v) is 5.84. The van der Waals surface area contributed by atoms with Crippen molar-refractivity contribution in [2.45, 2.75) is 19.9 Å². The molecule has 1 N–H and O–H groups in total. The van der Waals surface area contributed by atoms with Gasteiger partial charge in [-0.05, 0) is 25.1 Å². The summed E-state index contributed by atoms with van der Waals surface area (Å²) in [4.78, 5) is 15.5. The highest BCUT2D eigenvalue weighted by molar-refractivity contribution is 9.10. The van der Waals surface area contributed by atoms with Gasteiger partial charge in [0.15, 0.2) is 0 Å². The van der Waals surface area contributed by atoms with Gasteiger partial charge in [0.05, 0.1) is 0 Å². The first-order chi connectivity index (χ1) is 8.99. The molecule has 0 saturated carbocycles. The van der Waals surface area contributed by atoms with Crippen LogP contribution in [0.1, 0.15) is 25.5 Å². The minimum Gasteiger partial charge on any atom is -0.508 e. The van der Waals surface area contributed by atoms with Gasteiger partial charge < -0.3 is 10.0 Å². The lowest BCUT2D eigenvalue weighted by Crippen LogP contribution is -2.48. The number of piperazine rings is 1. The van der Waals surface area contributed by atoms with E-state index in [4.69, 9.17) is 0 Å². The zero-order valence-electron chi connectivity index (χ0n) is 11.3. The molecule has 0 bridgehead atoms. The van der Waals surface area contributed by atoms with E-state index in [0.717, 1.165) is 36.2 Å². The number of hydrogen-bond donors (Lipinski definition) is 1. The van der Waals surface area contributed by atoms with E-state index in [1.54, 1.807) is 13.0 Å². The Morgan fingerprint density at radius 1 is 1.32 bits per heavy atom. The molecule has 1 amide bonds. The van der Waals surface area contributed by atoms with Crippen molar-refractivity contribution in [1.82, 2.24) is 9.80 Å². The number of rotatable bonds is 2. The molecule has 0 aromatic heterocycles. The van der Waals surface area contributed by atoms with E-state index in [0.29, 0.717) is 5.75 Å². The summed E-state index contributed by atoms with van der Waals surface area (Å²) in [5.74, 6) is 0.460. The predicted molar refractivity (Wildman–Crippen MR) is 78.0 cm³/mol. The first-order valence-electron chi connectivity index (χ1n) is 6.47. The van der Waals surface area contributed by atoms with Crippen molar-refractivity contribution in [2.75, 3.05) is 26.2 Å². The minimum absolute atomic E-state index is 0.137. The molecule has 1 aliphatic rings. The van der Waals surface area contributed by atoms with E-state index in [1.807, 2.05) is 17.0 Å². The zero-order chi connectivity index (χ0) is 14.0. The van der Waals surface area contributed by atoms with Crippen molar-refractivity contribution in [1.29, 1.82) is 0 Å². The first kappa shape index (κ1) is 14.3. The number of carbonyl (C=O) groups is 1. The summed E-state index contributed by atoms with van der Waals surface area (Å²) in [5.41, 5.74) is 0.922. The number of aromatic hydroxyl groups is 1. The van der Waals surface area contributed by atoms with Crippen LogP contribution in [0.5, 0.6) is 5.75 Å². The normalized spacial score (nSPS) is 18.4. The van der Waals surface area contributed by atoms with Gasteiger partial charge in [0, 0.05) is 49.2 Å². The van der Waals surface area contributed by atoms with Crippen molar-refractivity contribution in [3.05, 3.63) is 28.2 Å². The fraction of sp³-hybridized carbons (Fsp3) is 0.500. The quantitative estimate of drug-likeness (QED) is 0.907. The van der Waals surface area contributed by atoms with Crippen LogP contribution in [-0.2, 0) is 4.79 Å². The zero-order valence-corrected chi connectivity index (χ0v) is 12.9. The fourth-order valence-corrected chi connectivity index (χ4v) is 2.86. The molecule has 104 valence electrons. The van der Waals surface area contributed by atoms with E-state index in [1.165, 1.54) is 0 Å². The summed E-state index contributed by atoms with van der Waals surface area (Å²) in [7, 11) is 0. The number of benzene rings is 1. The van der Waals surface area contributed by atoms with Gasteiger partial charge in [-0.1, -0.05) is 15.9 Å². The van der Waals surface area contributed by atoms with E-state index in [9.17, 15) is 9.90 Å². The van der Waals surface area contributed by atoms with Crippen LogP contribution in [-0.4, -0.2) is 47.0 Å². The molecule has 5 heteroatoms. The van der Waals surface area contributed by atoms with Gasteiger partial charge >= 0.3 is 0 Å². The van der Waals surface area contributed by atoms with E-state index >= 15 is 0 Å². The molecule has 1 aromatic carbocycles. The van der Waals surface area contributed by atoms with Gasteiger partial charge in [0.25, 0.3) is 0 Å². The van der Waals surface area contributed by atoms with Crippen molar-refractivity contribution in [3.63, 3.8) is 0 Å². The number of hydrogen-bond acceptors (Lipinski definition) is 3. The fourth-order valence-electron chi connectivity index (χ4n) is 2.48. The Hall–Kier alpha value is -1.07. The van der Waals surface area contributed by atoms with Crippen molar-refractivity contribution >= 4 is 21.8 Å². The molecule has 0 spiro atoms. The maximum Gasteiger partial charge on any atom is 0.219 e. The third kappa shape index (κ3) is 3.28. The van der Waals surface area contributed by atoms with Gasteiger partial charge in [-0.25, -0.2) is 0 Å². The van der Waals surface area contributed by atoms with E-state index in [2.05, 4.69) is 27.8 Å². The Morgan fingerprint density at radius 3 is 2.53 bits per heavy atom. The van der Waals surface area contributed by atoms with Crippen LogP contribution < -0.4 is 0 Å². The maximum absolute atomic E-state index is 11.3. The third-order valence-electron chi connectivity index (χ3n) is 3.75. The Labute approximate surface area is 122 Å².